The molecule has 5 nitrogen and oxygen atoms in total. The van der Waals surface area contributed by atoms with Crippen LogP contribution in [0.3, 0.4) is 0 Å². The lowest BCUT2D eigenvalue weighted by atomic mass is 9.88. The Kier molecular flexibility index (Phi) is 4.66. The highest BCUT2D eigenvalue weighted by Crippen LogP contribution is 2.45. The quantitative estimate of drug-likeness (QED) is 0.720. The second-order valence-corrected chi connectivity index (χ2v) is 6.70. The van der Waals surface area contributed by atoms with Crippen LogP contribution in [0.2, 0.25) is 0 Å². The van der Waals surface area contributed by atoms with Gasteiger partial charge in [-0.2, -0.15) is 0 Å². The number of benzene rings is 1. The Hall–Kier alpha value is -1.88. The molecule has 2 saturated carbocycles. The summed E-state index contributed by atoms with van der Waals surface area (Å²) in [5.41, 5.74) is -0.302. The Labute approximate surface area is 136 Å². The Morgan fingerprint density at radius 3 is 2.30 bits per heavy atom. The molecule has 5 heteroatoms. The molecule has 3 N–H and O–H groups in total. The highest BCUT2D eigenvalue weighted by atomic mass is 16.3. The molecule has 2 aliphatic carbocycles. The molecule has 0 bridgehead atoms. The Bertz CT molecular complexity index is 565. The molecule has 0 aromatic heterocycles. The zero-order valence-corrected chi connectivity index (χ0v) is 13.3. The van der Waals surface area contributed by atoms with Crippen molar-refractivity contribution in [2.24, 2.45) is 5.92 Å². The number of nitrogens with one attached hydrogen (secondary N) is 2. The van der Waals surface area contributed by atoms with Crippen LogP contribution in [0.15, 0.2) is 30.3 Å². The number of rotatable bonds is 5. The molecule has 124 valence electrons. The zero-order chi connectivity index (χ0) is 16.3. The Morgan fingerprint density at radius 2 is 1.70 bits per heavy atom. The van der Waals surface area contributed by atoms with E-state index in [2.05, 4.69) is 10.6 Å². The van der Waals surface area contributed by atoms with Crippen LogP contribution in [-0.4, -0.2) is 29.5 Å². The first-order chi connectivity index (χ1) is 11.1. The van der Waals surface area contributed by atoms with Gasteiger partial charge in [-0.15, -0.1) is 0 Å². The van der Waals surface area contributed by atoms with Crippen LogP contribution in [-0.2, 0) is 15.2 Å². The SMILES string of the molecule is O=C(NCC(O)(c1ccccc1)C1CC1)C(=O)NC1CCCC1. The van der Waals surface area contributed by atoms with E-state index in [1.165, 1.54) is 0 Å². The van der Waals surface area contributed by atoms with Crippen molar-refractivity contribution in [3.8, 4) is 0 Å². The van der Waals surface area contributed by atoms with Crippen LogP contribution in [0, 0.1) is 5.92 Å². The second-order valence-electron chi connectivity index (χ2n) is 6.70. The van der Waals surface area contributed by atoms with E-state index in [-0.39, 0.29) is 18.5 Å². The van der Waals surface area contributed by atoms with Gasteiger partial charge in [-0.3, -0.25) is 9.59 Å². The second kappa shape index (κ2) is 6.71. The lowest BCUT2D eigenvalue weighted by Gasteiger charge is -2.29. The van der Waals surface area contributed by atoms with E-state index in [4.69, 9.17) is 0 Å². The van der Waals surface area contributed by atoms with E-state index in [0.29, 0.717) is 0 Å². The summed E-state index contributed by atoms with van der Waals surface area (Å²) < 4.78 is 0. The van der Waals surface area contributed by atoms with Crippen LogP contribution in [0.25, 0.3) is 0 Å². The molecule has 23 heavy (non-hydrogen) atoms. The zero-order valence-electron chi connectivity index (χ0n) is 13.3. The average molecular weight is 316 g/mol. The predicted molar refractivity (Wildman–Crippen MR) is 86.5 cm³/mol. The average Bonchev–Trinajstić information content (AvgIpc) is 3.32. The normalized spacial score (nSPS) is 20.7. The highest BCUT2D eigenvalue weighted by Gasteiger charge is 2.45. The monoisotopic (exact) mass is 316 g/mol. The summed E-state index contributed by atoms with van der Waals surface area (Å²) >= 11 is 0. The maximum absolute atomic E-state index is 12.0. The van der Waals surface area contributed by atoms with E-state index in [0.717, 1.165) is 44.1 Å². The van der Waals surface area contributed by atoms with Gasteiger partial charge in [0.1, 0.15) is 5.60 Å². The van der Waals surface area contributed by atoms with Gasteiger partial charge in [0.25, 0.3) is 0 Å². The van der Waals surface area contributed by atoms with Crippen molar-refractivity contribution >= 4 is 11.8 Å². The molecule has 2 amide bonds. The van der Waals surface area contributed by atoms with Gasteiger partial charge in [0.2, 0.25) is 0 Å². The van der Waals surface area contributed by atoms with Crippen molar-refractivity contribution in [2.45, 2.75) is 50.2 Å². The minimum Gasteiger partial charge on any atom is -0.383 e. The fraction of sp³-hybridized carbons (Fsp3) is 0.556. The van der Waals surface area contributed by atoms with Crippen LogP contribution >= 0.6 is 0 Å². The molecule has 1 unspecified atom stereocenters. The van der Waals surface area contributed by atoms with E-state index in [1.807, 2.05) is 30.3 Å². The van der Waals surface area contributed by atoms with Gasteiger partial charge in [0.15, 0.2) is 0 Å². The third-order valence-electron chi connectivity index (χ3n) is 4.94. The molecule has 0 saturated heterocycles. The fourth-order valence-corrected chi connectivity index (χ4v) is 3.39. The van der Waals surface area contributed by atoms with Gasteiger partial charge in [0, 0.05) is 6.04 Å². The first-order valence-corrected chi connectivity index (χ1v) is 8.46. The molecule has 2 fully saturated rings. The van der Waals surface area contributed by atoms with Gasteiger partial charge in [-0.25, -0.2) is 0 Å². The highest BCUT2D eigenvalue weighted by molar-refractivity contribution is 6.35. The smallest absolute Gasteiger partial charge is 0.309 e. The number of aliphatic hydroxyl groups is 1. The van der Waals surface area contributed by atoms with Crippen molar-refractivity contribution in [3.63, 3.8) is 0 Å². The third kappa shape index (κ3) is 3.72. The van der Waals surface area contributed by atoms with Gasteiger partial charge in [-0.05, 0) is 37.2 Å². The summed E-state index contributed by atoms with van der Waals surface area (Å²) in [4.78, 5) is 24.0. The summed E-state index contributed by atoms with van der Waals surface area (Å²) in [6, 6.07) is 9.48. The molecule has 2 aliphatic rings. The van der Waals surface area contributed by atoms with Crippen molar-refractivity contribution in [1.82, 2.24) is 10.6 Å². The van der Waals surface area contributed by atoms with Gasteiger partial charge in [0.05, 0.1) is 6.54 Å². The topological polar surface area (TPSA) is 78.4 Å². The number of hydrogen-bond donors (Lipinski definition) is 3. The molecule has 0 radical (unpaired) electrons. The predicted octanol–water partition coefficient (Wildman–Crippen LogP) is 1.46. The summed E-state index contributed by atoms with van der Waals surface area (Å²) in [6.07, 6.45) is 5.96. The summed E-state index contributed by atoms with van der Waals surface area (Å²) in [6.45, 7) is 0.0681. The fourth-order valence-electron chi connectivity index (χ4n) is 3.39. The molecular weight excluding hydrogens is 292 g/mol. The number of amides is 2. The first-order valence-electron chi connectivity index (χ1n) is 8.46. The molecule has 0 spiro atoms. The Balaban J connectivity index is 1.58. The standard InChI is InChI=1S/C18H24N2O3/c21-16(17(22)20-15-8-4-5-9-15)19-12-18(23,14-10-11-14)13-6-2-1-3-7-13/h1-3,6-7,14-15,23H,4-5,8-12H2,(H,19,21)(H,20,22). The molecule has 3 rings (SSSR count). The van der Waals surface area contributed by atoms with Crippen LogP contribution in [0.5, 0.6) is 0 Å². The maximum Gasteiger partial charge on any atom is 0.309 e. The first kappa shape index (κ1) is 16.0. The van der Waals surface area contributed by atoms with Crippen molar-refractivity contribution in [3.05, 3.63) is 35.9 Å². The van der Waals surface area contributed by atoms with Gasteiger partial charge < -0.3 is 15.7 Å². The molecular formula is C18H24N2O3. The van der Waals surface area contributed by atoms with Crippen LogP contribution < -0.4 is 10.6 Å². The van der Waals surface area contributed by atoms with Crippen LogP contribution in [0.4, 0.5) is 0 Å². The van der Waals surface area contributed by atoms with Crippen molar-refractivity contribution < 1.29 is 14.7 Å². The minimum atomic E-state index is -1.09. The summed E-state index contributed by atoms with van der Waals surface area (Å²) in [7, 11) is 0. The largest absolute Gasteiger partial charge is 0.383 e. The van der Waals surface area contributed by atoms with E-state index < -0.39 is 17.4 Å². The van der Waals surface area contributed by atoms with E-state index in [1.54, 1.807) is 0 Å². The minimum absolute atomic E-state index is 0.0681. The van der Waals surface area contributed by atoms with Crippen LogP contribution in [0.1, 0.15) is 44.1 Å². The number of carbonyl (C=O) groups is 2. The molecule has 1 atom stereocenters. The van der Waals surface area contributed by atoms with E-state index in [9.17, 15) is 14.7 Å². The Morgan fingerprint density at radius 1 is 1.04 bits per heavy atom. The maximum atomic E-state index is 12.0. The molecule has 1 aromatic rings. The third-order valence-corrected chi connectivity index (χ3v) is 4.94. The van der Waals surface area contributed by atoms with Crippen molar-refractivity contribution in [2.75, 3.05) is 6.54 Å². The number of carbonyl (C=O) groups excluding carboxylic acids is 2. The summed E-state index contributed by atoms with van der Waals surface area (Å²) in [5.74, 6) is -1.11. The molecule has 0 heterocycles. The lowest BCUT2D eigenvalue weighted by Crippen LogP contribution is -2.48. The molecule has 0 aliphatic heterocycles. The van der Waals surface area contributed by atoms with Gasteiger partial charge >= 0.3 is 11.8 Å². The summed E-state index contributed by atoms with van der Waals surface area (Å²) in [5, 5.41) is 16.4. The molecule has 1 aromatic carbocycles. The number of hydrogen-bond acceptors (Lipinski definition) is 3. The van der Waals surface area contributed by atoms with Gasteiger partial charge in [-0.1, -0.05) is 43.2 Å². The lowest BCUT2D eigenvalue weighted by molar-refractivity contribution is -0.140. The van der Waals surface area contributed by atoms with Crippen molar-refractivity contribution in [1.29, 1.82) is 0 Å². The van der Waals surface area contributed by atoms with E-state index >= 15 is 0 Å².